The van der Waals surface area contributed by atoms with Crippen molar-refractivity contribution >= 4 is 0 Å². The Labute approximate surface area is 110 Å². The molecule has 5 heteroatoms. The first-order valence-corrected chi connectivity index (χ1v) is 6.79. The van der Waals surface area contributed by atoms with Gasteiger partial charge < -0.3 is 24.6 Å². The fourth-order valence-corrected chi connectivity index (χ4v) is 1.89. The van der Waals surface area contributed by atoms with Crippen LogP contribution in [-0.2, 0) is 14.2 Å². The maximum atomic E-state index is 8.93. The smallest absolute Gasteiger partial charge is 0.0701 e. The van der Waals surface area contributed by atoms with Gasteiger partial charge in [0.15, 0.2) is 0 Å². The Bertz CT molecular complexity index is 197. The van der Waals surface area contributed by atoms with Crippen LogP contribution in [0.4, 0.5) is 0 Å². The summed E-state index contributed by atoms with van der Waals surface area (Å²) in [7, 11) is 1.66. The van der Waals surface area contributed by atoms with E-state index in [1.54, 1.807) is 7.11 Å². The molecule has 1 rings (SSSR count). The number of aliphatic hydroxyl groups excluding tert-OH is 1. The van der Waals surface area contributed by atoms with Crippen molar-refractivity contribution < 1.29 is 19.3 Å². The van der Waals surface area contributed by atoms with E-state index in [0.29, 0.717) is 45.1 Å². The largest absolute Gasteiger partial charge is 0.396 e. The second-order valence-electron chi connectivity index (χ2n) is 4.87. The van der Waals surface area contributed by atoms with Crippen molar-refractivity contribution in [2.45, 2.75) is 19.3 Å². The van der Waals surface area contributed by atoms with Crippen LogP contribution in [0.5, 0.6) is 0 Å². The average Bonchev–Trinajstić information content (AvgIpc) is 3.12. The van der Waals surface area contributed by atoms with Crippen molar-refractivity contribution in [2.75, 3.05) is 59.8 Å². The lowest BCUT2D eigenvalue weighted by Gasteiger charge is -2.14. The van der Waals surface area contributed by atoms with E-state index in [4.69, 9.17) is 19.3 Å². The molecule has 0 radical (unpaired) electrons. The zero-order valence-corrected chi connectivity index (χ0v) is 11.5. The van der Waals surface area contributed by atoms with E-state index >= 15 is 0 Å². The lowest BCUT2D eigenvalue weighted by molar-refractivity contribution is 0.0254. The molecule has 2 N–H and O–H groups in total. The minimum Gasteiger partial charge on any atom is -0.396 e. The predicted octanol–water partition coefficient (Wildman–Crippen LogP) is 0.418. The third-order valence-corrected chi connectivity index (χ3v) is 3.33. The molecule has 1 fully saturated rings. The molecule has 0 heterocycles. The van der Waals surface area contributed by atoms with E-state index in [1.807, 2.05) is 0 Å². The lowest BCUT2D eigenvalue weighted by Crippen LogP contribution is -2.28. The van der Waals surface area contributed by atoms with E-state index in [2.05, 4.69) is 5.32 Å². The second-order valence-corrected chi connectivity index (χ2v) is 4.87. The molecule has 0 aromatic carbocycles. The van der Waals surface area contributed by atoms with Crippen LogP contribution < -0.4 is 5.32 Å². The minimum atomic E-state index is 0.303. The van der Waals surface area contributed by atoms with E-state index in [0.717, 1.165) is 19.5 Å². The van der Waals surface area contributed by atoms with Crippen LogP contribution in [0.15, 0.2) is 0 Å². The molecular weight excluding hydrogens is 234 g/mol. The number of methoxy groups -OCH3 is 1. The van der Waals surface area contributed by atoms with Gasteiger partial charge in [0.1, 0.15) is 0 Å². The SMILES string of the molecule is COCCOCCOCCNCC1(CCO)CC1. The van der Waals surface area contributed by atoms with Gasteiger partial charge in [-0.3, -0.25) is 0 Å². The number of nitrogens with one attached hydrogen (secondary N) is 1. The van der Waals surface area contributed by atoms with Crippen LogP contribution in [-0.4, -0.2) is 64.9 Å². The summed E-state index contributed by atoms with van der Waals surface area (Å²) in [5, 5.41) is 12.3. The molecule has 0 atom stereocenters. The molecular formula is C13H27NO4. The van der Waals surface area contributed by atoms with Gasteiger partial charge >= 0.3 is 0 Å². The lowest BCUT2D eigenvalue weighted by atomic mass is 10.0. The first kappa shape index (κ1) is 15.9. The van der Waals surface area contributed by atoms with Gasteiger partial charge in [-0.25, -0.2) is 0 Å². The Morgan fingerprint density at radius 1 is 1.06 bits per heavy atom. The molecule has 0 unspecified atom stereocenters. The fourth-order valence-electron chi connectivity index (χ4n) is 1.89. The van der Waals surface area contributed by atoms with Gasteiger partial charge in [-0.05, 0) is 24.7 Å². The maximum absolute atomic E-state index is 8.93. The Kier molecular flexibility index (Phi) is 8.54. The molecule has 108 valence electrons. The zero-order chi connectivity index (χ0) is 13.1. The van der Waals surface area contributed by atoms with Crippen LogP contribution in [0.3, 0.4) is 0 Å². The van der Waals surface area contributed by atoms with Crippen LogP contribution >= 0.6 is 0 Å². The normalized spacial score (nSPS) is 17.0. The average molecular weight is 261 g/mol. The topological polar surface area (TPSA) is 60.0 Å². The number of aliphatic hydroxyl groups is 1. The Morgan fingerprint density at radius 2 is 1.72 bits per heavy atom. The molecule has 1 aliphatic carbocycles. The van der Waals surface area contributed by atoms with Crippen molar-refractivity contribution in [3.8, 4) is 0 Å². The van der Waals surface area contributed by atoms with Crippen LogP contribution in [0.2, 0.25) is 0 Å². The summed E-state index contributed by atoms with van der Waals surface area (Å²) >= 11 is 0. The van der Waals surface area contributed by atoms with Crippen molar-refractivity contribution in [1.29, 1.82) is 0 Å². The minimum absolute atomic E-state index is 0.303. The van der Waals surface area contributed by atoms with Crippen molar-refractivity contribution in [3.63, 3.8) is 0 Å². The molecule has 0 bridgehead atoms. The molecule has 1 saturated carbocycles. The molecule has 0 amide bonds. The van der Waals surface area contributed by atoms with E-state index < -0.39 is 0 Å². The van der Waals surface area contributed by atoms with Crippen molar-refractivity contribution in [1.82, 2.24) is 5.32 Å². The Hall–Kier alpha value is -0.200. The highest BCUT2D eigenvalue weighted by atomic mass is 16.5. The number of ether oxygens (including phenoxy) is 3. The van der Waals surface area contributed by atoms with Gasteiger partial charge in [0, 0.05) is 26.8 Å². The van der Waals surface area contributed by atoms with Gasteiger partial charge in [-0.1, -0.05) is 0 Å². The third-order valence-electron chi connectivity index (χ3n) is 3.33. The van der Waals surface area contributed by atoms with Gasteiger partial charge in [-0.15, -0.1) is 0 Å². The molecule has 0 aliphatic heterocycles. The molecule has 0 aromatic rings. The van der Waals surface area contributed by atoms with Crippen LogP contribution in [0.1, 0.15) is 19.3 Å². The van der Waals surface area contributed by atoms with E-state index in [-0.39, 0.29) is 0 Å². The fraction of sp³-hybridized carbons (Fsp3) is 1.00. The molecule has 0 aromatic heterocycles. The summed E-state index contributed by atoms with van der Waals surface area (Å²) < 4.78 is 15.6. The number of hydrogen-bond acceptors (Lipinski definition) is 5. The zero-order valence-electron chi connectivity index (χ0n) is 11.5. The molecule has 5 nitrogen and oxygen atoms in total. The molecule has 0 saturated heterocycles. The van der Waals surface area contributed by atoms with Gasteiger partial charge in [0.2, 0.25) is 0 Å². The Morgan fingerprint density at radius 3 is 2.33 bits per heavy atom. The third kappa shape index (κ3) is 7.28. The van der Waals surface area contributed by atoms with Crippen molar-refractivity contribution in [2.24, 2.45) is 5.41 Å². The van der Waals surface area contributed by atoms with Gasteiger partial charge in [0.05, 0.1) is 33.0 Å². The highest BCUT2D eigenvalue weighted by Gasteiger charge is 2.41. The van der Waals surface area contributed by atoms with Crippen LogP contribution in [0, 0.1) is 5.41 Å². The first-order valence-electron chi connectivity index (χ1n) is 6.79. The summed E-state index contributed by atoms with van der Waals surface area (Å²) in [5.74, 6) is 0. The quantitative estimate of drug-likeness (QED) is 0.471. The van der Waals surface area contributed by atoms with E-state index in [1.165, 1.54) is 12.8 Å². The summed E-state index contributed by atoms with van der Waals surface area (Å²) in [4.78, 5) is 0. The van der Waals surface area contributed by atoms with Gasteiger partial charge in [0.25, 0.3) is 0 Å². The van der Waals surface area contributed by atoms with Crippen molar-refractivity contribution in [3.05, 3.63) is 0 Å². The second kappa shape index (κ2) is 9.69. The summed E-state index contributed by atoms with van der Waals surface area (Å²) in [6, 6.07) is 0. The maximum Gasteiger partial charge on any atom is 0.0701 e. The van der Waals surface area contributed by atoms with Gasteiger partial charge in [-0.2, -0.15) is 0 Å². The summed E-state index contributed by atoms with van der Waals surface area (Å²) in [5.41, 5.74) is 0.387. The number of rotatable bonds is 13. The van der Waals surface area contributed by atoms with E-state index in [9.17, 15) is 0 Å². The monoisotopic (exact) mass is 261 g/mol. The molecule has 1 aliphatic rings. The summed E-state index contributed by atoms with van der Waals surface area (Å²) in [6.45, 7) is 5.40. The predicted molar refractivity (Wildman–Crippen MR) is 69.8 cm³/mol. The molecule has 0 spiro atoms. The van der Waals surface area contributed by atoms with Crippen LogP contribution in [0.25, 0.3) is 0 Å². The Balaban J connectivity index is 1.76. The standard InChI is InChI=1S/C13H27NO4/c1-16-8-9-18-11-10-17-7-5-14-12-13(2-3-13)4-6-15/h14-15H,2-12H2,1H3. The summed E-state index contributed by atoms with van der Waals surface area (Å²) in [6.07, 6.45) is 3.41. The molecule has 18 heavy (non-hydrogen) atoms. The highest BCUT2D eigenvalue weighted by Crippen LogP contribution is 2.47. The first-order chi connectivity index (χ1) is 8.83. The number of hydrogen-bond donors (Lipinski definition) is 2. The highest BCUT2D eigenvalue weighted by molar-refractivity contribution is 4.94.